The quantitative estimate of drug-likeness (QED) is 0.668. The minimum absolute atomic E-state index is 0.0514. The zero-order valence-electron chi connectivity index (χ0n) is 11.4. The van der Waals surface area contributed by atoms with Crippen LogP contribution in [0.4, 0.5) is 4.79 Å². The van der Waals surface area contributed by atoms with Crippen molar-refractivity contribution in [3.8, 4) is 0 Å². The van der Waals surface area contributed by atoms with Gasteiger partial charge in [-0.3, -0.25) is 0 Å². The van der Waals surface area contributed by atoms with Crippen molar-refractivity contribution in [1.29, 1.82) is 0 Å². The van der Waals surface area contributed by atoms with E-state index in [0.29, 0.717) is 32.3 Å². The van der Waals surface area contributed by atoms with Crippen LogP contribution in [0.2, 0.25) is 0 Å². The first-order valence-corrected chi connectivity index (χ1v) is 6.32. The van der Waals surface area contributed by atoms with Crippen molar-refractivity contribution in [3.05, 3.63) is 0 Å². The van der Waals surface area contributed by atoms with Gasteiger partial charge in [0, 0.05) is 25.7 Å². The first kappa shape index (κ1) is 15.2. The van der Waals surface area contributed by atoms with Gasteiger partial charge in [-0.1, -0.05) is 0 Å². The van der Waals surface area contributed by atoms with Gasteiger partial charge < -0.3 is 24.8 Å². The fourth-order valence-electron chi connectivity index (χ4n) is 1.59. The molecule has 0 spiro atoms. The van der Waals surface area contributed by atoms with Crippen molar-refractivity contribution >= 4 is 6.09 Å². The van der Waals surface area contributed by atoms with E-state index in [1.807, 2.05) is 20.8 Å². The van der Waals surface area contributed by atoms with Crippen LogP contribution >= 0.6 is 0 Å². The van der Waals surface area contributed by atoms with E-state index in [1.54, 1.807) is 4.90 Å². The molecule has 0 aromatic carbocycles. The molecule has 18 heavy (non-hydrogen) atoms. The zero-order valence-corrected chi connectivity index (χ0v) is 11.4. The molecule has 0 aliphatic carbocycles. The van der Waals surface area contributed by atoms with Crippen LogP contribution in [0.5, 0.6) is 0 Å². The summed E-state index contributed by atoms with van der Waals surface area (Å²) >= 11 is 0. The molecule has 0 radical (unpaired) electrons. The van der Waals surface area contributed by atoms with Crippen LogP contribution in [0.15, 0.2) is 0 Å². The molecule has 0 aromatic heterocycles. The second kappa shape index (κ2) is 6.92. The van der Waals surface area contributed by atoms with Crippen molar-refractivity contribution in [2.24, 2.45) is 0 Å². The maximum atomic E-state index is 11.6. The molecule has 1 rings (SSSR count). The SMILES string of the molecule is CC(C)(C)OC(=O)N1CC(NCCOCCO)C1. The molecule has 0 aromatic rings. The third kappa shape index (κ3) is 5.66. The third-order valence-electron chi connectivity index (χ3n) is 2.45. The van der Waals surface area contributed by atoms with Crippen LogP contribution in [0.25, 0.3) is 0 Å². The lowest BCUT2D eigenvalue weighted by molar-refractivity contribution is 0.00432. The van der Waals surface area contributed by atoms with Crippen molar-refractivity contribution in [1.82, 2.24) is 10.2 Å². The van der Waals surface area contributed by atoms with Gasteiger partial charge in [0.2, 0.25) is 0 Å². The van der Waals surface area contributed by atoms with Crippen molar-refractivity contribution in [2.45, 2.75) is 32.4 Å². The highest BCUT2D eigenvalue weighted by Crippen LogP contribution is 2.14. The van der Waals surface area contributed by atoms with Gasteiger partial charge in [-0.25, -0.2) is 4.79 Å². The molecule has 6 nitrogen and oxygen atoms in total. The first-order valence-electron chi connectivity index (χ1n) is 6.32. The molecule has 0 bridgehead atoms. The largest absolute Gasteiger partial charge is 0.444 e. The molecule has 0 saturated carbocycles. The molecular formula is C12H24N2O4. The normalized spacial score (nSPS) is 16.6. The average Bonchev–Trinajstić information content (AvgIpc) is 2.17. The van der Waals surface area contributed by atoms with E-state index >= 15 is 0 Å². The van der Waals surface area contributed by atoms with Crippen LogP contribution in [-0.4, -0.2) is 67.2 Å². The van der Waals surface area contributed by atoms with Gasteiger partial charge in [0.25, 0.3) is 0 Å². The number of carbonyl (C=O) groups excluding carboxylic acids is 1. The molecule has 0 unspecified atom stereocenters. The van der Waals surface area contributed by atoms with Crippen LogP contribution in [-0.2, 0) is 9.47 Å². The molecule has 1 aliphatic heterocycles. The Morgan fingerprint density at radius 1 is 1.39 bits per heavy atom. The van der Waals surface area contributed by atoms with E-state index in [0.717, 1.165) is 6.54 Å². The number of aliphatic hydroxyl groups excluding tert-OH is 1. The van der Waals surface area contributed by atoms with E-state index in [4.69, 9.17) is 14.6 Å². The molecule has 1 amide bonds. The number of ether oxygens (including phenoxy) is 2. The van der Waals surface area contributed by atoms with Gasteiger partial charge >= 0.3 is 6.09 Å². The lowest BCUT2D eigenvalue weighted by Crippen LogP contribution is -2.60. The topological polar surface area (TPSA) is 71.0 Å². The fourth-order valence-corrected chi connectivity index (χ4v) is 1.59. The van der Waals surface area contributed by atoms with Gasteiger partial charge in [-0.2, -0.15) is 0 Å². The predicted octanol–water partition coefficient (Wildman–Crippen LogP) is 0.204. The summed E-state index contributed by atoms with van der Waals surface area (Å²) in [6, 6.07) is 0.315. The Bertz CT molecular complexity index is 259. The van der Waals surface area contributed by atoms with E-state index < -0.39 is 5.60 Å². The number of rotatable bonds is 6. The Morgan fingerprint density at radius 2 is 2.06 bits per heavy atom. The Kier molecular flexibility index (Phi) is 5.84. The summed E-state index contributed by atoms with van der Waals surface area (Å²) in [6.45, 7) is 8.66. The molecule has 6 heteroatoms. The summed E-state index contributed by atoms with van der Waals surface area (Å²) in [5.41, 5.74) is -0.437. The monoisotopic (exact) mass is 260 g/mol. The average molecular weight is 260 g/mol. The highest BCUT2D eigenvalue weighted by atomic mass is 16.6. The molecule has 2 N–H and O–H groups in total. The standard InChI is InChI=1S/C12H24N2O4/c1-12(2,3)18-11(16)14-8-10(9-14)13-4-6-17-7-5-15/h10,13,15H,4-9H2,1-3H3. The number of carbonyl (C=O) groups is 1. The smallest absolute Gasteiger partial charge is 0.410 e. The number of hydrogen-bond donors (Lipinski definition) is 2. The summed E-state index contributed by atoms with van der Waals surface area (Å²) in [6.07, 6.45) is -0.253. The van der Waals surface area contributed by atoms with E-state index in [1.165, 1.54) is 0 Å². The molecule has 106 valence electrons. The zero-order chi connectivity index (χ0) is 13.6. The van der Waals surface area contributed by atoms with Crippen molar-refractivity contribution in [2.75, 3.05) is 39.5 Å². The minimum atomic E-state index is -0.437. The Morgan fingerprint density at radius 3 is 2.61 bits per heavy atom. The lowest BCUT2D eigenvalue weighted by atomic mass is 10.1. The molecule has 1 fully saturated rings. The highest BCUT2D eigenvalue weighted by Gasteiger charge is 2.33. The van der Waals surface area contributed by atoms with E-state index in [-0.39, 0.29) is 12.7 Å². The van der Waals surface area contributed by atoms with Gasteiger partial charge in [0.15, 0.2) is 0 Å². The Labute approximate surface area is 108 Å². The van der Waals surface area contributed by atoms with Crippen LogP contribution in [0, 0.1) is 0 Å². The maximum absolute atomic E-state index is 11.6. The number of likely N-dealkylation sites (tertiary alicyclic amines) is 1. The van der Waals surface area contributed by atoms with Crippen LogP contribution in [0.1, 0.15) is 20.8 Å². The minimum Gasteiger partial charge on any atom is -0.444 e. The lowest BCUT2D eigenvalue weighted by Gasteiger charge is -2.40. The third-order valence-corrected chi connectivity index (χ3v) is 2.45. The summed E-state index contributed by atoms with van der Waals surface area (Å²) < 4.78 is 10.4. The van der Waals surface area contributed by atoms with Gasteiger partial charge in [0.1, 0.15) is 5.60 Å². The van der Waals surface area contributed by atoms with Crippen molar-refractivity contribution < 1.29 is 19.4 Å². The first-order chi connectivity index (χ1) is 8.42. The predicted molar refractivity (Wildman–Crippen MR) is 67.5 cm³/mol. The molecule has 1 saturated heterocycles. The maximum Gasteiger partial charge on any atom is 0.410 e. The second-order valence-corrected chi connectivity index (χ2v) is 5.37. The summed E-state index contributed by atoms with van der Waals surface area (Å²) in [5, 5.41) is 11.8. The van der Waals surface area contributed by atoms with Crippen LogP contribution in [0.3, 0.4) is 0 Å². The summed E-state index contributed by atoms with van der Waals surface area (Å²) in [4.78, 5) is 13.3. The molecular weight excluding hydrogens is 236 g/mol. The van der Waals surface area contributed by atoms with Gasteiger partial charge in [-0.15, -0.1) is 0 Å². The number of hydrogen-bond acceptors (Lipinski definition) is 5. The number of nitrogens with zero attached hydrogens (tertiary/aromatic N) is 1. The molecule has 0 atom stereocenters. The van der Waals surface area contributed by atoms with E-state index in [2.05, 4.69) is 5.32 Å². The molecule has 1 heterocycles. The van der Waals surface area contributed by atoms with Crippen molar-refractivity contribution in [3.63, 3.8) is 0 Å². The Balaban J connectivity index is 2.04. The van der Waals surface area contributed by atoms with E-state index in [9.17, 15) is 4.79 Å². The second-order valence-electron chi connectivity index (χ2n) is 5.37. The fraction of sp³-hybridized carbons (Fsp3) is 0.917. The number of amides is 1. The van der Waals surface area contributed by atoms with Crippen LogP contribution < -0.4 is 5.32 Å². The highest BCUT2D eigenvalue weighted by molar-refractivity contribution is 5.69. The number of nitrogens with one attached hydrogen (secondary N) is 1. The number of aliphatic hydroxyl groups is 1. The Hall–Kier alpha value is -0.850. The molecule has 1 aliphatic rings. The van der Waals surface area contributed by atoms with Gasteiger partial charge in [-0.05, 0) is 20.8 Å². The van der Waals surface area contributed by atoms with Gasteiger partial charge in [0.05, 0.1) is 19.8 Å². The summed E-state index contributed by atoms with van der Waals surface area (Å²) in [5.74, 6) is 0. The summed E-state index contributed by atoms with van der Waals surface area (Å²) in [7, 11) is 0.